The van der Waals surface area contributed by atoms with Gasteiger partial charge in [0.2, 0.25) is 0 Å². The smallest absolute Gasteiger partial charge is 0.0992 e. The summed E-state index contributed by atoms with van der Waals surface area (Å²) in [5, 5.41) is 12.3. The van der Waals surface area contributed by atoms with Gasteiger partial charge in [0.1, 0.15) is 0 Å². The third kappa shape index (κ3) is 2.30. The van der Waals surface area contributed by atoms with Crippen LogP contribution in [0, 0.1) is 24.2 Å². The molecule has 0 radical (unpaired) electrons. The first-order valence-corrected chi connectivity index (χ1v) is 5.48. The summed E-state index contributed by atoms with van der Waals surface area (Å²) in [6.45, 7) is 4.29. The van der Waals surface area contributed by atoms with Crippen molar-refractivity contribution < 1.29 is 0 Å². The summed E-state index contributed by atoms with van der Waals surface area (Å²) in [4.78, 5) is 0. The minimum Gasteiger partial charge on any atom is -0.382 e. The Balaban J connectivity index is 2.15. The Morgan fingerprint density at radius 2 is 2.20 bits per heavy atom. The van der Waals surface area contributed by atoms with Crippen molar-refractivity contribution in [2.45, 2.75) is 32.7 Å². The summed E-state index contributed by atoms with van der Waals surface area (Å²) >= 11 is 0. The number of nitrogens with zero attached hydrogens (tertiary/aromatic N) is 1. The average Bonchev–Trinajstić information content (AvgIpc) is 3.04. The van der Waals surface area contributed by atoms with Crippen LogP contribution in [0.2, 0.25) is 0 Å². The molecule has 1 aliphatic rings. The summed E-state index contributed by atoms with van der Waals surface area (Å²) in [6.07, 6.45) is 2.68. The summed E-state index contributed by atoms with van der Waals surface area (Å²) in [6, 6.07) is 8.50. The van der Waals surface area contributed by atoms with Gasteiger partial charge in [-0.3, -0.25) is 0 Å². The van der Waals surface area contributed by atoms with Crippen molar-refractivity contribution in [1.82, 2.24) is 0 Å². The van der Waals surface area contributed by atoms with Gasteiger partial charge in [0.25, 0.3) is 0 Å². The van der Waals surface area contributed by atoms with Crippen LogP contribution < -0.4 is 5.32 Å². The van der Waals surface area contributed by atoms with Crippen molar-refractivity contribution in [2.75, 3.05) is 5.32 Å². The van der Waals surface area contributed by atoms with Gasteiger partial charge < -0.3 is 5.32 Å². The van der Waals surface area contributed by atoms with Gasteiger partial charge in [-0.05, 0) is 50.3 Å². The zero-order chi connectivity index (χ0) is 10.8. The molecule has 0 spiro atoms. The average molecular weight is 200 g/mol. The minimum atomic E-state index is 0.526. The molecule has 15 heavy (non-hydrogen) atoms. The number of nitrogens with one attached hydrogen (secondary N) is 1. The van der Waals surface area contributed by atoms with Crippen LogP contribution in [-0.4, -0.2) is 6.04 Å². The second-order valence-corrected chi connectivity index (χ2v) is 4.41. The minimum absolute atomic E-state index is 0.526. The molecule has 2 nitrogen and oxygen atoms in total. The van der Waals surface area contributed by atoms with Gasteiger partial charge in [0.15, 0.2) is 0 Å². The molecule has 1 N–H and O–H groups in total. The summed E-state index contributed by atoms with van der Waals surface area (Å²) in [7, 11) is 0. The van der Waals surface area contributed by atoms with Crippen molar-refractivity contribution in [3.63, 3.8) is 0 Å². The van der Waals surface area contributed by atoms with Crippen molar-refractivity contribution in [3.8, 4) is 6.07 Å². The van der Waals surface area contributed by atoms with Crippen LogP contribution >= 0.6 is 0 Å². The van der Waals surface area contributed by atoms with Crippen LogP contribution in [0.3, 0.4) is 0 Å². The molecule has 0 saturated heterocycles. The molecule has 1 aromatic carbocycles. The second kappa shape index (κ2) is 3.94. The number of hydrogen-bond donors (Lipinski definition) is 1. The first-order valence-electron chi connectivity index (χ1n) is 5.48. The molecule has 0 bridgehead atoms. The maximum absolute atomic E-state index is 8.83. The topological polar surface area (TPSA) is 35.8 Å². The Kier molecular flexibility index (Phi) is 2.64. The Bertz CT molecular complexity index is 399. The fraction of sp³-hybridized carbons (Fsp3) is 0.462. The lowest BCUT2D eigenvalue weighted by Gasteiger charge is -2.16. The Labute approximate surface area is 90.9 Å². The van der Waals surface area contributed by atoms with Gasteiger partial charge in [-0.15, -0.1) is 0 Å². The molecule has 1 unspecified atom stereocenters. The van der Waals surface area contributed by atoms with Gasteiger partial charge in [-0.2, -0.15) is 5.26 Å². The van der Waals surface area contributed by atoms with Crippen LogP contribution in [0.5, 0.6) is 0 Å². The van der Waals surface area contributed by atoms with E-state index in [9.17, 15) is 0 Å². The highest BCUT2D eigenvalue weighted by Gasteiger charge is 2.27. The van der Waals surface area contributed by atoms with Gasteiger partial charge in [-0.1, -0.05) is 6.07 Å². The summed E-state index contributed by atoms with van der Waals surface area (Å²) in [5.74, 6) is 0.829. The van der Waals surface area contributed by atoms with Crippen LogP contribution in [0.4, 0.5) is 5.69 Å². The fourth-order valence-corrected chi connectivity index (χ4v) is 1.81. The largest absolute Gasteiger partial charge is 0.382 e. The monoisotopic (exact) mass is 200 g/mol. The fourth-order valence-electron chi connectivity index (χ4n) is 1.81. The molecule has 1 aromatic rings. The molecule has 0 heterocycles. The van der Waals surface area contributed by atoms with Crippen molar-refractivity contribution >= 4 is 5.69 Å². The summed E-state index contributed by atoms with van der Waals surface area (Å²) in [5.41, 5.74) is 3.04. The molecular weight excluding hydrogens is 184 g/mol. The van der Waals surface area contributed by atoms with Crippen LogP contribution in [0.25, 0.3) is 0 Å². The predicted octanol–water partition coefficient (Wildman–Crippen LogP) is 3.08. The van der Waals surface area contributed by atoms with Crippen molar-refractivity contribution in [2.24, 2.45) is 5.92 Å². The van der Waals surface area contributed by atoms with Gasteiger partial charge in [-0.25, -0.2) is 0 Å². The normalized spacial score (nSPS) is 16.9. The summed E-state index contributed by atoms with van der Waals surface area (Å²) < 4.78 is 0. The number of rotatable bonds is 3. The Hall–Kier alpha value is -1.49. The van der Waals surface area contributed by atoms with Crippen LogP contribution in [-0.2, 0) is 0 Å². The predicted molar refractivity (Wildman–Crippen MR) is 61.7 cm³/mol. The zero-order valence-corrected chi connectivity index (χ0v) is 9.25. The molecule has 0 amide bonds. The van der Waals surface area contributed by atoms with Crippen molar-refractivity contribution in [1.29, 1.82) is 5.26 Å². The molecule has 2 heteroatoms. The SMILES string of the molecule is Cc1ccc(C#N)cc1NC(C)C1CC1. The van der Waals surface area contributed by atoms with Gasteiger partial charge in [0, 0.05) is 11.7 Å². The van der Waals surface area contributed by atoms with E-state index in [1.165, 1.54) is 18.4 Å². The van der Waals surface area contributed by atoms with E-state index >= 15 is 0 Å². The number of benzene rings is 1. The lowest BCUT2D eigenvalue weighted by molar-refractivity contribution is 0.693. The van der Waals surface area contributed by atoms with E-state index in [4.69, 9.17) is 5.26 Å². The highest BCUT2D eigenvalue weighted by molar-refractivity contribution is 5.55. The molecule has 1 atom stereocenters. The maximum Gasteiger partial charge on any atom is 0.0992 e. The van der Waals surface area contributed by atoms with E-state index in [1.54, 1.807) is 0 Å². The van der Waals surface area contributed by atoms with Gasteiger partial charge in [0.05, 0.1) is 11.6 Å². The van der Waals surface area contributed by atoms with Crippen LogP contribution in [0.1, 0.15) is 30.9 Å². The number of hydrogen-bond acceptors (Lipinski definition) is 2. The highest BCUT2D eigenvalue weighted by Crippen LogP contribution is 2.34. The van der Waals surface area contributed by atoms with E-state index in [0.717, 1.165) is 17.2 Å². The molecular formula is C13H16N2. The standard InChI is InChI=1S/C13H16N2/c1-9-3-4-11(8-14)7-13(9)15-10(2)12-5-6-12/h3-4,7,10,12,15H,5-6H2,1-2H3. The van der Waals surface area contributed by atoms with Crippen molar-refractivity contribution in [3.05, 3.63) is 29.3 Å². The highest BCUT2D eigenvalue weighted by atomic mass is 14.9. The third-order valence-corrected chi connectivity index (χ3v) is 3.08. The van der Waals surface area contributed by atoms with E-state index in [0.29, 0.717) is 6.04 Å². The molecule has 0 aromatic heterocycles. The lowest BCUT2D eigenvalue weighted by Crippen LogP contribution is -2.17. The molecule has 1 fully saturated rings. The first-order chi connectivity index (χ1) is 7.20. The Morgan fingerprint density at radius 1 is 1.47 bits per heavy atom. The third-order valence-electron chi connectivity index (χ3n) is 3.08. The first kappa shape index (κ1) is 10.0. The van der Waals surface area contributed by atoms with E-state index in [2.05, 4.69) is 25.2 Å². The second-order valence-electron chi connectivity index (χ2n) is 4.41. The maximum atomic E-state index is 8.83. The number of nitriles is 1. The van der Waals surface area contributed by atoms with E-state index in [-0.39, 0.29) is 0 Å². The molecule has 1 saturated carbocycles. The quantitative estimate of drug-likeness (QED) is 0.813. The number of anilines is 1. The van der Waals surface area contributed by atoms with E-state index < -0.39 is 0 Å². The van der Waals surface area contributed by atoms with Gasteiger partial charge >= 0.3 is 0 Å². The molecule has 2 rings (SSSR count). The van der Waals surface area contributed by atoms with Crippen LogP contribution in [0.15, 0.2) is 18.2 Å². The molecule has 78 valence electrons. The number of aryl methyl sites for hydroxylation is 1. The van der Waals surface area contributed by atoms with E-state index in [1.807, 2.05) is 18.2 Å². The Morgan fingerprint density at radius 3 is 2.80 bits per heavy atom. The molecule has 0 aliphatic heterocycles. The lowest BCUT2D eigenvalue weighted by atomic mass is 10.1. The molecule has 1 aliphatic carbocycles. The zero-order valence-electron chi connectivity index (χ0n) is 9.25.